The van der Waals surface area contributed by atoms with Crippen molar-refractivity contribution in [3.05, 3.63) is 94.0 Å². The van der Waals surface area contributed by atoms with Crippen LogP contribution in [-0.4, -0.2) is 53.1 Å². The largest absolute Gasteiger partial charge is 0.508 e. The summed E-state index contributed by atoms with van der Waals surface area (Å²) < 4.78 is 18.3. The molecule has 3 aliphatic heterocycles. The Morgan fingerprint density at radius 2 is 1.29 bits per heavy atom. The van der Waals surface area contributed by atoms with Crippen LogP contribution in [0.5, 0.6) is 46.0 Å². The molecule has 0 fully saturated rings. The van der Waals surface area contributed by atoms with Crippen LogP contribution in [-0.2, 0) is 11.3 Å². The summed E-state index contributed by atoms with van der Waals surface area (Å²) >= 11 is 0. The maximum atomic E-state index is 11.9. The molecule has 0 amide bonds. The van der Waals surface area contributed by atoms with Gasteiger partial charge < -0.3 is 55.1 Å². The van der Waals surface area contributed by atoms with Gasteiger partial charge in [-0.05, 0) is 47.5 Å². The maximum Gasteiger partial charge on any atom is 0.161 e. The summed E-state index contributed by atoms with van der Waals surface area (Å²) in [4.78, 5) is 0. The van der Waals surface area contributed by atoms with Gasteiger partial charge in [0.1, 0.15) is 41.3 Å². The molecule has 3 aliphatic rings. The van der Waals surface area contributed by atoms with E-state index in [0.29, 0.717) is 27.8 Å². The van der Waals surface area contributed by atoms with Gasteiger partial charge in [0.2, 0.25) is 0 Å². The molecule has 11 nitrogen and oxygen atoms in total. The van der Waals surface area contributed by atoms with Crippen molar-refractivity contribution < 1.29 is 55.1 Å². The second-order valence-electron chi connectivity index (χ2n) is 10.7. The lowest BCUT2D eigenvalue weighted by Crippen LogP contribution is -2.42. The standard InChI is InChI=1S/C31H26O11/c32-14-2-4-16-21(9-14)41-29(12-1-6-18(34)19(35)7-12)28(39)24(16)25-23-13(8-20(36)27(25)38)11-40-31-26(37)17-5-3-15(33)10-22(17)42-30(23)31/h1-10,24,26,28-39H,11H2/t24-,26+,28-,29-,30-,31-/m0/s1. The Morgan fingerprint density at radius 3 is 2.00 bits per heavy atom. The lowest BCUT2D eigenvalue weighted by atomic mass is 9.74. The van der Waals surface area contributed by atoms with Crippen molar-refractivity contribution in [2.45, 2.75) is 43.0 Å². The van der Waals surface area contributed by atoms with E-state index in [1.54, 1.807) is 0 Å². The summed E-state index contributed by atoms with van der Waals surface area (Å²) in [6.45, 7) is -0.0534. The smallest absolute Gasteiger partial charge is 0.161 e. The molecule has 8 N–H and O–H groups in total. The zero-order valence-corrected chi connectivity index (χ0v) is 21.7. The van der Waals surface area contributed by atoms with Crippen molar-refractivity contribution in [3.8, 4) is 46.0 Å². The van der Waals surface area contributed by atoms with Gasteiger partial charge in [-0.3, -0.25) is 0 Å². The lowest BCUT2D eigenvalue weighted by Gasteiger charge is -2.44. The lowest BCUT2D eigenvalue weighted by molar-refractivity contribution is -0.127. The monoisotopic (exact) mass is 574 g/mol. The topological polar surface area (TPSA) is 190 Å². The number of benzene rings is 4. The van der Waals surface area contributed by atoms with E-state index in [0.717, 1.165) is 0 Å². The number of aromatic hydroxyl groups is 6. The molecule has 42 heavy (non-hydrogen) atoms. The van der Waals surface area contributed by atoms with Gasteiger partial charge in [0.05, 0.1) is 6.61 Å². The molecule has 0 saturated heterocycles. The van der Waals surface area contributed by atoms with Crippen molar-refractivity contribution in [1.82, 2.24) is 0 Å². The highest BCUT2D eigenvalue weighted by Gasteiger charge is 2.49. The van der Waals surface area contributed by atoms with Crippen LogP contribution in [0.15, 0.2) is 60.7 Å². The molecule has 0 radical (unpaired) electrons. The zero-order chi connectivity index (χ0) is 29.4. The minimum atomic E-state index is -1.44. The van der Waals surface area contributed by atoms with E-state index >= 15 is 0 Å². The van der Waals surface area contributed by atoms with E-state index in [2.05, 4.69) is 0 Å². The molecule has 0 spiro atoms. The van der Waals surface area contributed by atoms with E-state index in [1.165, 1.54) is 60.7 Å². The Balaban J connectivity index is 1.44. The third-order valence-corrected chi connectivity index (χ3v) is 8.22. The molecular weight excluding hydrogens is 548 g/mol. The molecule has 3 heterocycles. The molecule has 6 atom stereocenters. The molecule has 4 aromatic rings. The maximum absolute atomic E-state index is 11.9. The van der Waals surface area contributed by atoms with Gasteiger partial charge in [0.25, 0.3) is 0 Å². The number of aliphatic hydroxyl groups is 2. The Kier molecular flexibility index (Phi) is 5.80. The molecule has 0 aromatic heterocycles. The first-order valence-corrected chi connectivity index (χ1v) is 13.2. The van der Waals surface area contributed by atoms with Gasteiger partial charge in [-0.2, -0.15) is 0 Å². The second kappa shape index (κ2) is 9.35. The summed E-state index contributed by atoms with van der Waals surface area (Å²) in [7, 11) is 0. The summed E-state index contributed by atoms with van der Waals surface area (Å²) in [6.07, 6.45) is -5.70. The number of phenols is 6. The molecule has 11 heteroatoms. The number of ether oxygens (including phenoxy) is 3. The third kappa shape index (κ3) is 3.86. The summed E-state index contributed by atoms with van der Waals surface area (Å²) in [5.74, 6) is -2.74. The average Bonchev–Trinajstić information content (AvgIpc) is 2.95. The summed E-state index contributed by atoms with van der Waals surface area (Å²) in [5, 5.41) is 85.7. The van der Waals surface area contributed by atoms with Crippen molar-refractivity contribution >= 4 is 0 Å². The van der Waals surface area contributed by atoms with Gasteiger partial charge in [-0.1, -0.05) is 12.1 Å². The average molecular weight is 575 g/mol. The summed E-state index contributed by atoms with van der Waals surface area (Å²) in [5.41, 5.74) is 1.97. The van der Waals surface area contributed by atoms with Crippen LogP contribution in [0.4, 0.5) is 0 Å². The molecule has 0 bridgehead atoms. The molecule has 7 rings (SSSR count). The first kappa shape index (κ1) is 26.1. The highest BCUT2D eigenvalue weighted by Crippen LogP contribution is 2.56. The Bertz CT molecular complexity index is 1730. The molecule has 0 aliphatic carbocycles. The Labute approximate surface area is 238 Å². The fourth-order valence-electron chi connectivity index (χ4n) is 6.28. The van der Waals surface area contributed by atoms with Crippen LogP contribution in [0.25, 0.3) is 0 Å². The van der Waals surface area contributed by atoms with Gasteiger partial charge in [0.15, 0.2) is 35.2 Å². The van der Waals surface area contributed by atoms with Crippen molar-refractivity contribution in [3.63, 3.8) is 0 Å². The predicted molar refractivity (Wildman–Crippen MR) is 144 cm³/mol. The number of fused-ring (bicyclic) bond motifs is 5. The van der Waals surface area contributed by atoms with E-state index in [-0.39, 0.29) is 40.9 Å². The van der Waals surface area contributed by atoms with Crippen LogP contribution in [0.1, 0.15) is 57.6 Å². The first-order valence-electron chi connectivity index (χ1n) is 13.2. The highest BCUT2D eigenvalue weighted by molar-refractivity contribution is 5.62. The number of hydrogen-bond acceptors (Lipinski definition) is 11. The van der Waals surface area contributed by atoms with Crippen LogP contribution in [0.3, 0.4) is 0 Å². The third-order valence-electron chi connectivity index (χ3n) is 8.22. The van der Waals surface area contributed by atoms with Crippen molar-refractivity contribution in [2.24, 2.45) is 0 Å². The van der Waals surface area contributed by atoms with Crippen LogP contribution in [0, 0.1) is 0 Å². The van der Waals surface area contributed by atoms with E-state index in [4.69, 9.17) is 14.2 Å². The second-order valence-corrected chi connectivity index (χ2v) is 10.7. The first-order chi connectivity index (χ1) is 20.1. The zero-order valence-electron chi connectivity index (χ0n) is 21.7. The molecule has 0 saturated carbocycles. The minimum Gasteiger partial charge on any atom is -0.508 e. The number of phenolic OH excluding ortho intramolecular Hbond substituents is 6. The van der Waals surface area contributed by atoms with Crippen LogP contribution < -0.4 is 9.47 Å². The fraction of sp³-hybridized carbons (Fsp3) is 0.226. The fourth-order valence-corrected chi connectivity index (χ4v) is 6.28. The van der Waals surface area contributed by atoms with Gasteiger partial charge in [-0.25, -0.2) is 0 Å². The van der Waals surface area contributed by atoms with Gasteiger partial charge >= 0.3 is 0 Å². The number of hydrogen-bond donors (Lipinski definition) is 8. The highest BCUT2D eigenvalue weighted by atomic mass is 16.6. The van der Waals surface area contributed by atoms with E-state index < -0.39 is 53.7 Å². The van der Waals surface area contributed by atoms with E-state index in [9.17, 15) is 40.9 Å². The molecular formula is C31H26O11. The molecule has 0 unspecified atom stereocenters. The van der Waals surface area contributed by atoms with Crippen LogP contribution in [0.2, 0.25) is 0 Å². The Hall–Kier alpha value is -4.84. The summed E-state index contributed by atoms with van der Waals surface area (Å²) in [6, 6.07) is 13.8. The van der Waals surface area contributed by atoms with Gasteiger partial charge in [0, 0.05) is 40.3 Å². The SMILES string of the molecule is Oc1ccc2c(c1)O[C@@H](c1ccc(O)c(O)c1)[C@@H](O)[C@@H]2c1c(O)c(O)cc2c1[C@@H]1Oc3cc(O)ccc3[C@@H](O)[C@@H]1OC2. The van der Waals surface area contributed by atoms with Crippen molar-refractivity contribution in [1.29, 1.82) is 0 Å². The predicted octanol–water partition coefficient (Wildman–Crippen LogP) is 3.61. The molecule has 4 aromatic carbocycles. The number of aliphatic hydroxyl groups excluding tert-OH is 2. The minimum absolute atomic E-state index is 0.0534. The number of rotatable bonds is 2. The quantitative estimate of drug-likeness (QED) is 0.163. The molecule has 216 valence electrons. The Morgan fingerprint density at radius 1 is 0.619 bits per heavy atom. The van der Waals surface area contributed by atoms with Crippen molar-refractivity contribution in [2.75, 3.05) is 0 Å². The normalized spacial score (nSPS) is 25.7. The van der Waals surface area contributed by atoms with E-state index in [1.807, 2.05) is 0 Å². The van der Waals surface area contributed by atoms with Crippen LogP contribution >= 0.6 is 0 Å². The van der Waals surface area contributed by atoms with Gasteiger partial charge in [-0.15, -0.1) is 0 Å².